The minimum atomic E-state index is -0.348. The minimum absolute atomic E-state index is 0.215. The third-order valence-electron chi connectivity index (χ3n) is 4.59. The van der Waals surface area contributed by atoms with E-state index in [-0.39, 0.29) is 11.7 Å². The van der Waals surface area contributed by atoms with E-state index < -0.39 is 0 Å². The third-order valence-corrected chi connectivity index (χ3v) is 4.83. The Bertz CT molecular complexity index is 1190. The maximum atomic E-state index is 12.9. The quantitative estimate of drug-likeness (QED) is 0.447. The fourth-order valence-corrected chi connectivity index (χ4v) is 3.26. The van der Waals surface area contributed by atoms with Crippen LogP contribution in [0.5, 0.6) is 0 Å². The van der Waals surface area contributed by atoms with Crippen molar-refractivity contribution in [2.75, 3.05) is 5.32 Å². The third kappa shape index (κ3) is 4.47. The fraction of sp³-hybridized carbons (Fsp3) is 0.0417. The van der Waals surface area contributed by atoms with Gasteiger partial charge in [0.25, 0.3) is 5.91 Å². The van der Waals surface area contributed by atoms with Gasteiger partial charge in [-0.3, -0.25) is 14.3 Å². The summed E-state index contributed by atoms with van der Waals surface area (Å²) in [6, 6.07) is 23.5. The second-order valence-corrected chi connectivity index (χ2v) is 7.19. The molecule has 0 aliphatic carbocycles. The number of anilines is 1. The van der Waals surface area contributed by atoms with E-state index in [0.717, 1.165) is 5.56 Å². The van der Waals surface area contributed by atoms with Crippen molar-refractivity contribution in [3.8, 4) is 0 Å². The highest BCUT2D eigenvalue weighted by molar-refractivity contribution is 6.31. The van der Waals surface area contributed by atoms with Crippen LogP contribution in [0.15, 0.2) is 91.3 Å². The zero-order valence-corrected chi connectivity index (χ0v) is 16.7. The number of nitrogens with one attached hydrogen (secondary N) is 1. The summed E-state index contributed by atoms with van der Waals surface area (Å²) in [6.07, 6.45) is 3.18. The van der Waals surface area contributed by atoms with Gasteiger partial charge in [-0.25, -0.2) is 0 Å². The molecule has 0 aliphatic heterocycles. The number of hydrogen-bond acceptors (Lipinski definition) is 3. The maximum absolute atomic E-state index is 12.9. The van der Waals surface area contributed by atoms with E-state index in [1.807, 2.05) is 36.4 Å². The Kier molecular flexibility index (Phi) is 5.72. The summed E-state index contributed by atoms with van der Waals surface area (Å²) in [4.78, 5) is 25.7. The number of halogens is 1. The number of ketones is 1. The zero-order valence-electron chi connectivity index (χ0n) is 16.0. The van der Waals surface area contributed by atoms with E-state index in [0.29, 0.717) is 33.9 Å². The first-order valence-electron chi connectivity index (χ1n) is 9.37. The average molecular weight is 416 g/mol. The molecule has 0 atom stereocenters. The van der Waals surface area contributed by atoms with Crippen LogP contribution in [0.25, 0.3) is 0 Å². The SMILES string of the molecule is O=C(Nc1ccc(Cl)cc1C(=O)c1ccccc1)c1cnn(Cc2ccccc2)c1. The van der Waals surface area contributed by atoms with Gasteiger partial charge in [0.05, 0.1) is 24.0 Å². The van der Waals surface area contributed by atoms with Crippen molar-refractivity contribution in [3.63, 3.8) is 0 Å². The van der Waals surface area contributed by atoms with Crippen molar-refractivity contribution in [2.24, 2.45) is 0 Å². The monoisotopic (exact) mass is 415 g/mol. The summed E-state index contributed by atoms with van der Waals surface area (Å²) in [6.45, 7) is 0.562. The molecule has 6 heteroatoms. The number of rotatable bonds is 6. The van der Waals surface area contributed by atoms with Crippen LogP contribution in [-0.4, -0.2) is 21.5 Å². The molecule has 1 heterocycles. The number of benzene rings is 3. The van der Waals surface area contributed by atoms with Gasteiger partial charge in [0.15, 0.2) is 5.78 Å². The smallest absolute Gasteiger partial charge is 0.258 e. The Morgan fingerprint density at radius 2 is 1.60 bits per heavy atom. The van der Waals surface area contributed by atoms with Crippen molar-refractivity contribution < 1.29 is 9.59 Å². The Labute approximate surface area is 178 Å². The lowest BCUT2D eigenvalue weighted by Crippen LogP contribution is -2.15. The van der Waals surface area contributed by atoms with E-state index >= 15 is 0 Å². The van der Waals surface area contributed by atoms with Crippen LogP contribution < -0.4 is 5.32 Å². The first-order chi connectivity index (χ1) is 14.6. The highest BCUT2D eigenvalue weighted by Crippen LogP contribution is 2.24. The van der Waals surface area contributed by atoms with Gasteiger partial charge < -0.3 is 5.32 Å². The number of carbonyl (C=O) groups is 2. The summed E-state index contributed by atoms with van der Waals surface area (Å²) in [5.41, 5.74) is 2.73. The summed E-state index contributed by atoms with van der Waals surface area (Å²) in [7, 11) is 0. The van der Waals surface area contributed by atoms with Gasteiger partial charge in [0.1, 0.15) is 0 Å². The molecule has 0 saturated carbocycles. The molecule has 1 amide bonds. The predicted octanol–water partition coefficient (Wildman–Crippen LogP) is 5.07. The number of carbonyl (C=O) groups excluding carboxylic acids is 2. The molecule has 4 rings (SSSR count). The second-order valence-electron chi connectivity index (χ2n) is 6.75. The zero-order chi connectivity index (χ0) is 20.9. The molecule has 3 aromatic carbocycles. The normalized spacial score (nSPS) is 10.6. The maximum Gasteiger partial charge on any atom is 0.258 e. The topological polar surface area (TPSA) is 64.0 Å². The molecular formula is C24H18ClN3O2. The van der Waals surface area contributed by atoms with Crippen molar-refractivity contribution in [1.82, 2.24) is 9.78 Å². The van der Waals surface area contributed by atoms with E-state index in [4.69, 9.17) is 11.6 Å². The molecule has 5 nitrogen and oxygen atoms in total. The van der Waals surface area contributed by atoms with Crippen LogP contribution in [-0.2, 0) is 6.54 Å². The van der Waals surface area contributed by atoms with Crippen molar-refractivity contribution >= 4 is 29.0 Å². The lowest BCUT2D eigenvalue weighted by molar-refractivity contribution is 0.102. The molecule has 0 spiro atoms. The van der Waals surface area contributed by atoms with Crippen LogP contribution in [0.4, 0.5) is 5.69 Å². The van der Waals surface area contributed by atoms with Crippen LogP contribution in [0.1, 0.15) is 31.8 Å². The van der Waals surface area contributed by atoms with Crippen LogP contribution in [0.3, 0.4) is 0 Å². The number of amides is 1. The molecule has 1 aromatic heterocycles. The van der Waals surface area contributed by atoms with E-state index in [1.54, 1.807) is 53.3 Å². The Morgan fingerprint density at radius 3 is 2.33 bits per heavy atom. The van der Waals surface area contributed by atoms with Crippen LogP contribution >= 0.6 is 11.6 Å². The number of aromatic nitrogens is 2. The second kappa shape index (κ2) is 8.76. The van der Waals surface area contributed by atoms with Gasteiger partial charge >= 0.3 is 0 Å². The molecule has 148 valence electrons. The minimum Gasteiger partial charge on any atom is -0.321 e. The molecule has 0 unspecified atom stereocenters. The lowest BCUT2D eigenvalue weighted by atomic mass is 10.0. The average Bonchev–Trinajstić information content (AvgIpc) is 3.24. The van der Waals surface area contributed by atoms with Gasteiger partial charge in [0.2, 0.25) is 0 Å². The fourth-order valence-electron chi connectivity index (χ4n) is 3.09. The Balaban J connectivity index is 1.55. The van der Waals surface area contributed by atoms with Gasteiger partial charge in [-0.05, 0) is 23.8 Å². The van der Waals surface area contributed by atoms with Crippen molar-refractivity contribution in [1.29, 1.82) is 0 Å². The highest BCUT2D eigenvalue weighted by Gasteiger charge is 2.17. The molecule has 0 fully saturated rings. The van der Waals surface area contributed by atoms with Gasteiger partial charge in [-0.15, -0.1) is 0 Å². The summed E-state index contributed by atoms with van der Waals surface area (Å²) in [5, 5.41) is 7.49. The summed E-state index contributed by atoms with van der Waals surface area (Å²) in [5.74, 6) is -0.563. The van der Waals surface area contributed by atoms with Crippen molar-refractivity contribution in [3.05, 3.63) is 119 Å². The number of hydrogen-bond donors (Lipinski definition) is 1. The number of nitrogens with zero attached hydrogens (tertiary/aromatic N) is 2. The van der Waals surface area contributed by atoms with Gasteiger partial charge in [-0.2, -0.15) is 5.10 Å². The summed E-state index contributed by atoms with van der Waals surface area (Å²) >= 11 is 6.10. The molecule has 0 aliphatic rings. The molecule has 1 N–H and O–H groups in total. The highest BCUT2D eigenvalue weighted by atomic mass is 35.5. The molecular weight excluding hydrogens is 398 g/mol. The van der Waals surface area contributed by atoms with Crippen molar-refractivity contribution in [2.45, 2.75) is 6.54 Å². The van der Waals surface area contributed by atoms with E-state index in [1.165, 1.54) is 6.20 Å². The lowest BCUT2D eigenvalue weighted by Gasteiger charge is -2.10. The Morgan fingerprint density at radius 1 is 0.900 bits per heavy atom. The first kappa shape index (κ1) is 19.6. The summed E-state index contributed by atoms with van der Waals surface area (Å²) < 4.78 is 1.70. The molecule has 0 radical (unpaired) electrons. The van der Waals surface area contributed by atoms with E-state index in [9.17, 15) is 9.59 Å². The van der Waals surface area contributed by atoms with Crippen LogP contribution in [0.2, 0.25) is 5.02 Å². The molecule has 0 bridgehead atoms. The Hall–Kier alpha value is -3.70. The first-order valence-corrected chi connectivity index (χ1v) is 9.75. The molecule has 4 aromatic rings. The predicted molar refractivity (Wildman–Crippen MR) is 117 cm³/mol. The molecule has 30 heavy (non-hydrogen) atoms. The standard InChI is InChI=1S/C24H18ClN3O2/c25-20-11-12-22(21(13-20)23(29)18-9-5-2-6-10-18)27-24(30)19-14-26-28(16-19)15-17-7-3-1-4-8-17/h1-14,16H,15H2,(H,27,30). The van der Waals surface area contributed by atoms with Gasteiger partial charge in [0, 0.05) is 22.3 Å². The van der Waals surface area contributed by atoms with Crippen LogP contribution in [0, 0.1) is 0 Å². The largest absolute Gasteiger partial charge is 0.321 e. The molecule has 0 saturated heterocycles. The van der Waals surface area contributed by atoms with E-state index in [2.05, 4.69) is 10.4 Å². The van der Waals surface area contributed by atoms with Gasteiger partial charge in [-0.1, -0.05) is 72.3 Å².